The quantitative estimate of drug-likeness (QED) is 0.440. The highest BCUT2D eigenvalue weighted by Gasteiger charge is 2.30. The Morgan fingerprint density at radius 2 is 2.04 bits per heavy atom. The highest BCUT2D eigenvalue weighted by atomic mass is 19.4. The monoisotopic (exact) mass is 397 g/mol. The minimum Gasteiger partial charge on any atom is -0.382 e. The zero-order valence-corrected chi connectivity index (χ0v) is 15.6. The summed E-state index contributed by atoms with van der Waals surface area (Å²) in [7, 11) is 0. The summed E-state index contributed by atoms with van der Waals surface area (Å²) >= 11 is 0. The summed E-state index contributed by atoms with van der Waals surface area (Å²) in [6.45, 7) is 5.22. The second-order valence-corrected chi connectivity index (χ2v) is 5.98. The molecule has 1 heterocycles. The summed E-state index contributed by atoms with van der Waals surface area (Å²) in [5.41, 5.74) is 2.83. The molecule has 152 valence electrons. The summed E-state index contributed by atoms with van der Waals surface area (Å²) < 4.78 is 43.2. The fraction of sp³-hybridized carbons (Fsp3) is 0.444. The first-order chi connectivity index (χ1) is 13.3. The van der Waals surface area contributed by atoms with Gasteiger partial charge >= 0.3 is 6.18 Å². The maximum Gasteiger partial charge on any atom is 0.416 e. The molecular formula is C18H22F3N5O2. The Morgan fingerprint density at radius 3 is 2.61 bits per heavy atom. The van der Waals surface area contributed by atoms with E-state index in [0.717, 1.165) is 30.0 Å². The summed E-state index contributed by atoms with van der Waals surface area (Å²) in [6, 6.07) is 3.93. The number of aliphatic imine (C=N–C) groups is 2. The number of carbonyl (C=O) groups is 1. The summed E-state index contributed by atoms with van der Waals surface area (Å²) in [4.78, 5) is 20.9. The summed E-state index contributed by atoms with van der Waals surface area (Å²) in [6.07, 6.45) is -3.32. The van der Waals surface area contributed by atoms with Gasteiger partial charge in [0.25, 0.3) is 5.91 Å². The van der Waals surface area contributed by atoms with E-state index >= 15 is 0 Å². The number of halogens is 3. The van der Waals surface area contributed by atoms with E-state index in [-0.39, 0.29) is 11.5 Å². The fourth-order valence-corrected chi connectivity index (χ4v) is 2.26. The predicted octanol–water partition coefficient (Wildman–Crippen LogP) is 2.99. The van der Waals surface area contributed by atoms with Gasteiger partial charge in [-0.15, -0.1) is 0 Å². The predicted molar refractivity (Wildman–Crippen MR) is 101 cm³/mol. The van der Waals surface area contributed by atoms with Crippen LogP contribution in [0.3, 0.4) is 0 Å². The van der Waals surface area contributed by atoms with Crippen LogP contribution in [0.5, 0.6) is 0 Å². The third-order valence-corrected chi connectivity index (χ3v) is 3.65. The Labute approximate surface area is 160 Å². The van der Waals surface area contributed by atoms with Gasteiger partial charge in [0.1, 0.15) is 5.84 Å². The van der Waals surface area contributed by atoms with Crippen LogP contribution in [0, 0.1) is 0 Å². The lowest BCUT2D eigenvalue weighted by molar-refractivity contribution is -0.137. The zero-order valence-electron chi connectivity index (χ0n) is 15.6. The minimum absolute atomic E-state index is 0.0637. The molecule has 0 spiro atoms. The SMILES string of the molecule is CCOCCCN=C(N=C1CC(C)=NN1)NC(=O)c1ccc(C(F)(F)F)cc1. The molecule has 28 heavy (non-hydrogen) atoms. The largest absolute Gasteiger partial charge is 0.416 e. The molecule has 0 fully saturated rings. The molecule has 1 aromatic carbocycles. The summed E-state index contributed by atoms with van der Waals surface area (Å²) in [5.74, 6) is -0.0140. The first kappa shape index (κ1) is 21.5. The van der Waals surface area contributed by atoms with Gasteiger partial charge in [0, 0.05) is 37.5 Å². The molecule has 0 radical (unpaired) electrons. The number of amidine groups is 1. The van der Waals surface area contributed by atoms with E-state index in [2.05, 4.69) is 25.8 Å². The van der Waals surface area contributed by atoms with Crippen LogP contribution >= 0.6 is 0 Å². The number of alkyl halides is 3. The molecule has 1 amide bonds. The Kier molecular flexibility index (Phi) is 7.68. The van der Waals surface area contributed by atoms with Gasteiger partial charge < -0.3 is 4.74 Å². The number of carbonyl (C=O) groups excluding carboxylic acids is 1. The van der Waals surface area contributed by atoms with E-state index < -0.39 is 17.6 Å². The number of nitrogens with zero attached hydrogens (tertiary/aromatic N) is 3. The van der Waals surface area contributed by atoms with E-state index in [1.165, 1.54) is 0 Å². The van der Waals surface area contributed by atoms with E-state index in [4.69, 9.17) is 4.74 Å². The number of nitrogens with one attached hydrogen (secondary N) is 2. The Hall–Kier alpha value is -2.75. The highest BCUT2D eigenvalue weighted by Crippen LogP contribution is 2.29. The van der Waals surface area contributed by atoms with Crippen LogP contribution < -0.4 is 10.7 Å². The Bertz CT molecular complexity index is 770. The molecule has 2 N–H and O–H groups in total. The number of ether oxygens (including phenoxy) is 1. The van der Waals surface area contributed by atoms with Crippen LogP contribution in [0.15, 0.2) is 39.4 Å². The number of hydrazone groups is 1. The van der Waals surface area contributed by atoms with Gasteiger partial charge in [0.15, 0.2) is 0 Å². The standard InChI is InChI=1S/C18H22F3N5O2/c1-3-28-10-4-9-22-17(23-15-11-12(2)25-26-15)24-16(27)13-5-7-14(8-6-13)18(19,20)21/h5-8H,3-4,9-11H2,1-2H3,(H2,22,23,24,26,27). The molecule has 1 aliphatic rings. The van der Waals surface area contributed by atoms with Crippen molar-refractivity contribution in [3.63, 3.8) is 0 Å². The van der Waals surface area contributed by atoms with Crippen LogP contribution in [-0.4, -0.2) is 43.2 Å². The number of rotatable bonds is 6. The maximum absolute atomic E-state index is 12.7. The molecule has 0 atom stereocenters. The molecule has 2 rings (SSSR count). The molecule has 1 aliphatic heterocycles. The topological polar surface area (TPSA) is 87.4 Å². The minimum atomic E-state index is -4.46. The third-order valence-electron chi connectivity index (χ3n) is 3.65. The van der Waals surface area contributed by atoms with Crippen LogP contribution in [0.25, 0.3) is 0 Å². The van der Waals surface area contributed by atoms with Gasteiger partial charge in [-0.25, -0.2) is 0 Å². The van der Waals surface area contributed by atoms with Crippen molar-refractivity contribution in [2.75, 3.05) is 19.8 Å². The lowest BCUT2D eigenvalue weighted by atomic mass is 10.1. The zero-order chi connectivity index (χ0) is 20.6. The lowest BCUT2D eigenvalue weighted by Crippen LogP contribution is -2.31. The molecule has 0 saturated heterocycles. The van der Waals surface area contributed by atoms with Crippen molar-refractivity contribution in [2.24, 2.45) is 15.1 Å². The highest BCUT2D eigenvalue weighted by molar-refractivity contribution is 6.13. The van der Waals surface area contributed by atoms with Crippen molar-refractivity contribution in [1.82, 2.24) is 10.7 Å². The van der Waals surface area contributed by atoms with E-state index in [1.54, 1.807) is 0 Å². The van der Waals surface area contributed by atoms with Crippen LogP contribution in [0.2, 0.25) is 0 Å². The smallest absolute Gasteiger partial charge is 0.382 e. The molecular weight excluding hydrogens is 375 g/mol. The molecule has 1 aromatic rings. The van der Waals surface area contributed by atoms with Crippen molar-refractivity contribution in [3.05, 3.63) is 35.4 Å². The van der Waals surface area contributed by atoms with Crippen molar-refractivity contribution in [1.29, 1.82) is 0 Å². The van der Waals surface area contributed by atoms with Crippen molar-refractivity contribution in [3.8, 4) is 0 Å². The Morgan fingerprint density at radius 1 is 1.32 bits per heavy atom. The van der Waals surface area contributed by atoms with Crippen LogP contribution in [0.4, 0.5) is 13.2 Å². The normalized spacial score (nSPS) is 16.1. The van der Waals surface area contributed by atoms with Gasteiger partial charge in [-0.1, -0.05) is 0 Å². The number of hydrogen-bond acceptors (Lipinski definition) is 4. The molecule has 0 bridgehead atoms. The number of hydrogen-bond donors (Lipinski definition) is 2. The molecule has 0 aliphatic carbocycles. The van der Waals surface area contributed by atoms with Crippen molar-refractivity contribution < 1.29 is 22.7 Å². The third kappa shape index (κ3) is 6.76. The summed E-state index contributed by atoms with van der Waals surface area (Å²) in [5, 5.41) is 6.54. The van der Waals surface area contributed by atoms with Crippen LogP contribution in [0.1, 0.15) is 42.6 Å². The fourth-order valence-electron chi connectivity index (χ4n) is 2.26. The van der Waals surface area contributed by atoms with E-state index in [9.17, 15) is 18.0 Å². The molecule has 0 aromatic heterocycles. The van der Waals surface area contributed by atoms with E-state index in [1.807, 2.05) is 13.8 Å². The van der Waals surface area contributed by atoms with Gasteiger partial charge in [0.2, 0.25) is 5.96 Å². The molecule has 10 heteroatoms. The Balaban J connectivity index is 2.07. The second kappa shape index (κ2) is 9.98. The first-order valence-corrected chi connectivity index (χ1v) is 8.77. The van der Waals surface area contributed by atoms with Crippen molar-refractivity contribution >= 4 is 23.4 Å². The van der Waals surface area contributed by atoms with Crippen molar-refractivity contribution in [2.45, 2.75) is 32.9 Å². The first-order valence-electron chi connectivity index (χ1n) is 8.77. The average Bonchev–Trinajstić information content (AvgIpc) is 3.05. The van der Waals surface area contributed by atoms with Gasteiger partial charge in [-0.3, -0.25) is 20.5 Å². The van der Waals surface area contributed by atoms with Gasteiger partial charge in [0.05, 0.1) is 5.56 Å². The van der Waals surface area contributed by atoms with Crippen LogP contribution in [-0.2, 0) is 10.9 Å². The number of guanidine groups is 1. The molecule has 0 saturated carbocycles. The number of amides is 1. The number of benzene rings is 1. The second-order valence-electron chi connectivity index (χ2n) is 5.98. The maximum atomic E-state index is 12.7. The molecule has 7 nitrogen and oxygen atoms in total. The van der Waals surface area contributed by atoms with E-state index in [0.29, 0.717) is 38.4 Å². The van der Waals surface area contributed by atoms with Gasteiger partial charge in [-0.05, 0) is 44.5 Å². The average molecular weight is 397 g/mol. The van der Waals surface area contributed by atoms with Gasteiger partial charge in [-0.2, -0.15) is 23.3 Å². The lowest BCUT2D eigenvalue weighted by Gasteiger charge is -2.09. The molecule has 0 unspecified atom stereocenters.